The van der Waals surface area contributed by atoms with Crippen LogP contribution in [0, 0.1) is 0 Å². The van der Waals surface area contributed by atoms with E-state index in [-0.39, 0.29) is 32.1 Å². The van der Waals surface area contributed by atoms with Crippen molar-refractivity contribution in [2.24, 2.45) is 0 Å². The van der Waals surface area contributed by atoms with Crippen LogP contribution in [0.4, 0.5) is 0 Å². The van der Waals surface area contributed by atoms with Crippen LogP contribution in [0.15, 0.2) is 0 Å². The van der Waals surface area contributed by atoms with Crippen molar-refractivity contribution in [2.75, 3.05) is 0 Å². The molecule has 0 saturated heterocycles. The fourth-order valence-electron chi connectivity index (χ4n) is 3.35. The number of hydrogen-bond donors (Lipinski definition) is 5. The SMILES string of the molecule is CCCC(=O)OC1[C@@H](OC(=O)CCC)[C@H](OP(=O)(O)O)C(O)[C@@H](OP(=O)(O)O)[C@H]1OC(=O)CCC. The van der Waals surface area contributed by atoms with E-state index in [9.17, 15) is 48.2 Å². The number of aliphatic hydroxyl groups is 1. The Morgan fingerprint density at radius 2 is 0.857 bits per heavy atom. The number of carbonyl (C=O) groups excluding carboxylic acids is 3. The molecular formula is C18H32O15P2. The van der Waals surface area contributed by atoms with Crippen LogP contribution in [0.25, 0.3) is 0 Å². The van der Waals surface area contributed by atoms with Crippen LogP contribution in [0.5, 0.6) is 0 Å². The number of ether oxygens (including phenoxy) is 3. The van der Waals surface area contributed by atoms with E-state index in [4.69, 9.17) is 14.2 Å². The number of rotatable bonds is 13. The molecule has 15 nitrogen and oxygen atoms in total. The third-order valence-corrected chi connectivity index (χ3v) is 5.69. The van der Waals surface area contributed by atoms with E-state index in [2.05, 4.69) is 9.05 Å². The van der Waals surface area contributed by atoms with E-state index < -0.39 is 70.2 Å². The summed E-state index contributed by atoms with van der Waals surface area (Å²) in [4.78, 5) is 74.3. The van der Waals surface area contributed by atoms with Gasteiger partial charge in [0.25, 0.3) is 0 Å². The Bertz CT molecular complexity index is 765. The van der Waals surface area contributed by atoms with Gasteiger partial charge in [-0.05, 0) is 19.3 Å². The molecular weight excluding hydrogens is 518 g/mol. The second-order valence-corrected chi connectivity index (χ2v) is 10.1. The summed E-state index contributed by atoms with van der Waals surface area (Å²) in [5, 5.41) is 10.8. The molecule has 0 radical (unpaired) electrons. The van der Waals surface area contributed by atoms with Gasteiger partial charge < -0.3 is 38.9 Å². The molecule has 0 heterocycles. The van der Waals surface area contributed by atoms with Crippen LogP contribution >= 0.6 is 15.6 Å². The lowest BCUT2D eigenvalue weighted by Crippen LogP contribution is -2.67. The minimum Gasteiger partial charge on any atom is -0.455 e. The van der Waals surface area contributed by atoms with Gasteiger partial charge in [0.1, 0.15) is 18.3 Å². The Labute approximate surface area is 201 Å². The third-order valence-electron chi connectivity index (χ3n) is 4.65. The van der Waals surface area contributed by atoms with Crippen molar-refractivity contribution in [1.29, 1.82) is 0 Å². The van der Waals surface area contributed by atoms with Crippen molar-refractivity contribution in [2.45, 2.75) is 95.9 Å². The number of phosphoric acid groups is 2. The smallest absolute Gasteiger partial charge is 0.455 e. The lowest BCUT2D eigenvalue weighted by atomic mass is 9.84. The Kier molecular flexibility index (Phi) is 12.4. The van der Waals surface area contributed by atoms with Gasteiger partial charge in [0.05, 0.1) is 0 Å². The van der Waals surface area contributed by atoms with E-state index in [0.717, 1.165) is 0 Å². The summed E-state index contributed by atoms with van der Waals surface area (Å²) in [5.41, 5.74) is 0. The van der Waals surface area contributed by atoms with Crippen molar-refractivity contribution in [1.82, 2.24) is 0 Å². The van der Waals surface area contributed by atoms with Crippen molar-refractivity contribution in [3.8, 4) is 0 Å². The van der Waals surface area contributed by atoms with Gasteiger partial charge in [-0.1, -0.05) is 20.8 Å². The van der Waals surface area contributed by atoms with Crippen LogP contribution in [0.1, 0.15) is 59.3 Å². The number of phosphoric ester groups is 2. The summed E-state index contributed by atoms with van der Waals surface area (Å²) in [6.07, 6.45) is -12.2. The molecule has 6 atom stereocenters. The van der Waals surface area contributed by atoms with Gasteiger partial charge in [-0.15, -0.1) is 0 Å². The van der Waals surface area contributed by atoms with Gasteiger partial charge in [-0.2, -0.15) is 0 Å². The molecule has 1 fully saturated rings. The molecule has 35 heavy (non-hydrogen) atoms. The van der Waals surface area contributed by atoms with E-state index >= 15 is 0 Å². The summed E-state index contributed by atoms with van der Waals surface area (Å²) >= 11 is 0. The van der Waals surface area contributed by atoms with Gasteiger partial charge >= 0.3 is 33.6 Å². The summed E-state index contributed by atoms with van der Waals surface area (Å²) in [5.74, 6) is -2.80. The highest BCUT2D eigenvalue weighted by Gasteiger charge is 2.59. The average Bonchev–Trinajstić information content (AvgIpc) is 2.69. The van der Waals surface area contributed by atoms with Crippen LogP contribution in [0.2, 0.25) is 0 Å². The monoisotopic (exact) mass is 550 g/mol. The molecule has 0 aromatic carbocycles. The largest absolute Gasteiger partial charge is 0.470 e. The maximum absolute atomic E-state index is 12.3. The normalized spacial score (nSPS) is 27.2. The molecule has 0 bridgehead atoms. The molecule has 2 unspecified atom stereocenters. The molecule has 1 rings (SSSR count). The lowest BCUT2D eigenvalue weighted by molar-refractivity contribution is -0.243. The molecule has 0 amide bonds. The molecule has 1 aliphatic carbocycles. The number of aliphatic hydroxyl groups excluding tert-OH is 1. The van der Waals surface area contributed by atoms with Gasteiger partial charge in [0.15, 0.2) is 18.3 Å². The molecule has 0 aromatic rings. The summed E-state index contributed by atoms with van der Waals surface area (Å²) in [7, 11) is -10.9. The molecule has 1 saturated carbocycles. The number of hydrogen-bond acceptors (Lipinski definition) is 11. The Hall–Kier alpha value is -1.41. The van der Waals surface area contributed by atoms with Gasteiger partial charge in [0.2, 0.25) is 0 Å². The first-order valence-electron chi connectivity index (χ1n) is 10.9. The first-order valence-corrected chi connectivity index (χ1v) is 13.9. The molecule has 0 spiro atoms. The highest BCUT2D eigenvalue weighted by molar-refractivity contribution is 7.46. The minimum absolute atomic E-state index is 0.182. The van der Waals surface area contributed by atoms with Crippen LogP contribution in [0.3, 0.4) is 0 Å². The number of carbonyl (C=O) groups is 3. The summed E-state index contributed by atoms with van der Waals surface area (Å²) in [6.45, 7) is 4.87. The fourth-order valence-corrected chi connectivity index (χ4v) is 4.47. The molecule has 0 aromatic heterocycles. The lowest BCUT2D eigenvalue weighted by Gasteiger charge is -2.46. The van der Waals surface area contributed by atoms with Gasteiger partial charge in [-0.25, -0.2) is 9.13 Å². The Morgan fingerprint density at radius 3 is 1.09 bits per heavy atom. The Balaban J connectivity index is 3.66. The van der Waals surface area contributed by atoms with E-state index in [1.807, 2.05) is 0 Å². The molecule has 204 valence electrons. The minimum atomic E-state index is -5.43. The highest BCUT2D eigenvalue weighted by atomic mass is 31.2. The molecule has 5 N–H and O–H groups in total. The Morgan fingerprint density at radius 1 is 0.600 bits per heavy atom. The quantitative estimate of drug-likeness (QED) is 0.119. The maximum Gasteiger partial charge on any atom is 0.470 e. The van der Waals surface area contributed by atoms with Crippen molar-refractivity contribution in [3.05, 3.63) is 0 Å². The molecule has 1 aliphatic rings. The molecule has 17 heteroatoms. The van der Waals surface area contributed by atoms with E-state index in [0.29, 0.717) is 6.42 Å². The third kappa shape index (κ3) is 10.6. The zero-order valence-electron chi connectivity index (χ0n) is 19.4. The van der Waals surface area contributed by atoms with Crippen LogP contribution < -0.4 is 0 Å². The topological polar surface area (TPSA) is 233 Å². The fraction of sp³-hybridized carbons (Fsp3) is 0.833. The first kappa shape index (κ1) is 31.6. The second-order valence-electron chi connectivity index (χ2n) is 7.73. The predicted molar refractivity (Wildman–Crippen MR) is 114 cm³/mol. The van der Waals surface area contributed by atoms with Crippen molar-refractivity contribution >= 4 is 33.6 Å². The zero-order valence-corrected chi connectivity index (χ0v) is 21.2. The predicted octanol–water partition coefficient (Wildman–Crippen LogP) is 0.452. The highest BCUT2D eigenvalue weighted by Crippen LogP contribution is 2.47. The van der Waals surface area contributed by atoms with Gasteiger partial charge in [0, 0.05) is 19.3 Å². The van der Waals surface area contributed by atoms with Gasteiger partial charge in [-0.3, -0.25) is 23.4 Å². The standard InChI is InChI=1S/C18H32O15P2/c1-4-7-10(19)29-16-14(32-34(23,24)25)13(22)15(33-35(26,27)28)17(30-11(20)8-5-2)18(16)31-12(21)9-6-3/h13-18,22H,4-9H2,1-3H3,(H2,23,24,25)(H2,26,27,28)/t13?,14-,15-,16-,17+,18?/m1/s1. The van der Waals surface area contributed by atoms with E-state index in [1.54, 1.807) is 20.8 Å². The van der Waals surface area contributed by atoms with Crippen molar-refractivity contribution in [3.63, 3.8) is 0 Å². The van der Waals surface area contributed by atoms with Crippen molar-refractivity contribution < 1.29 is 71.5 Å². The first-order chi connectivity index (χ1) is 16.1. The second kappa shape index (κ2) is 13.8. The zero-order chi connectivity index (χ0) is 27.0. The number of esters is 3. The maximum atomic E-state index is 12.3. The van der Waals surface area contributed by atoms with Crippen LogP contribution in [-0.2, 0) is 46.8 Å². The molecule has 0 aliphatic heterocycles. The summed E-state index contributed by atoms with van der Waals surface area (Å²) < 4.78 is 48.1. The van der Waals surface area contributed by atoms with Crippen LogP contribution in [-0.4, -0.2) is 79.2 Å². The summed E-state index contributed by atoms with van der Waals surface area (Å²) in [6, 6.07) is 0. The average molecular weight is 550 g/mol. The van der Waals surface area contributed by atoms with E-state index in [1.165, 1.54) is 0 Å².